The van der Waals surface area contributed by atoms with E-state index >= 15 is 0 Å². The van der Waals surface area contributed by atoms with Crippen LogP contribution in [0.5, 0.6) is 0 Å². The highest BCUT2D eigenvalue weighted by Crippen LogP contribution is 2.23. The fourth-order valence-corrected chi connectivity index (χ4v) is 2.86. The summed E-state index contributed by atoms with van der Waals surface area (Å²) in [5.41, 5.74) is 6.19. The van der Waals surface area contributed by atoms with E-state index in [1.54, 1.807) is 17.0 Å². The molecule has 21 heavy (non-hydrogen) atoms. The van der Waals surface area contributed by atoms with Crippen LogP contribution in [0, 0.1) is 11.7 Å². The van der Waals surface area contributed by atoms with E-state index in [9.17, 15) is 9.18 Å². The van der Waals surface area contributed by atoms with Gasteiger partial charge in [-0.15, -0.1) is 12.4 Å². The monoisotopic (exact) mass is 334 g/mol. The molecule has 1 aromatic carbocycles. The lowest BCUT2D eigenvalue weighted by atomic mass is 9.92. The molecule has 0 saturated carbocycles. The molecule has 2 rings (SSSR count). The van der Waals surface area contributed by atoms with E-state index in [-0.39, 0.29) is 36.3 Å². The van der Waals surface area contributed by atoms with E-state index in [0.29, 0.717) is 24.0 Å². The third kappa shape index (κ3) is 4.56. The molecule has 1 aliphatic rings. The van der Waals surface area contributed by atoms with Gasteiger partial charge in [0.2, 0.25) is 5.91 Å². The zero-order valence-corrected chi connectivity index (χ0v) is 13.6. The quantitative estimate of drug-likeness (QED) is 0.923. The summed E-state index contributed by atoms with van der Waals surface area (Å²) in [5, 5.41) is 0.305. The number of rotatable bonds is 3. The van der Waals surface area contributed by atoms with Crippen LogP contribution in [0.1, 0.15) is 25.3 Å². The average Bonchev–Trinajstić information content (AvgIpc) is 2.43. The zero-order chi connectivity index (χ0) is 14.7. The molecule has 118 valence electrons. The predicted molar refractivity (Wildman–Crippen MR) is 85.3 cm³/mol. The summed E-state index contributed by atoms with van der Waals surface area (Å²) < 4.78 is 13.7. The average molecular weight is 335 g/mol. The molecule has 1 aromatic rings. The number of piperidine rings is 1. The smallest absolute Gasteiger partial charge is 0.227 e. The van der Waals surface area contributed by atoms with Crippen LogP contribution in [0.2, 0.25) is 5.02 Å². The highest BCUT2D eigenvalue weighted by atomic mass is 35.5. The minimum atomic E-state index is -0.424. The molecule has 1 saturated heterocycles. The second kappa shape index (κ2) is 7.97. The molecule has 0 aliphatic carbocycles. The van der Waals surface area contributed by atoms with Gasteiger partial charge in [0.1, 0.15) is 5.82 Å². The van der Waals surface area contributed by atoms with Gasteiger partial charge < -0.3 is 10.6 Å². The summed E-state index contributed by atoms with van der Waals surface area (Å²) in [6, 6.07) is 4.55. The van der Waals surface area contributed by atoms with E-state index in [4.69, 9.17) is 17.3 Å². The van der Waals surface area contributed by atoms with Gasteiger partial charge in [-0.2, -0.15) is 0 Å². The molecule has 6 heteroatoms. The van der Waals surface area contributed by atoms with Gasteiger partial charge in [0.25, 0.3) is 0 Å². The van der Waals surface area contributed by atoms with Crippen molar-refractivity contribution in [1.29, 1.82) is 0 Å². The van der Waals surface area contributed by atoms with Crippen LogP contribution in [0.4, 0.5) is 4.39 Å². The van der Waals surface area contributed by atoms with Crippen molar-refractivity contribution in [3.05, 3.63) is 34.6 Å². The maximum absolute atomic E-state index is 13.7. The summed E-state index contributed by atoms with van der Waals surface area (Å²) in [4.78, 5) is 14.1. The van der Waals surface area contributed by atoms with Crippen LogP contribution in [0.15, 0.2) is 18.2 Å². The number of nitrogens with zero attached hydrogens (tertiary/aromatic N) is 1. The summed E-state index contributed by atoms with van der Waals surface area (Å²) >= 11 is 5.96. The molecule has 1 amide bonds. The van der Waals surface area contributed by atoms with Crippen LogP contribution in [0.25, 0.3) is 0 Å². The maximum Gasteiger partial charge on any atom is 0.227 e. The predicted octanol–water partition coefficient (Wildman–Crippen LogP) is 3.03. The standard InChI is InChI=1S/C15H20ClFN2O.ClH/c1-10(18)11-4-3-7-19(9-11)15(20)8-12-13(16)5-2-6-14(12)17;/h2,5-6,10-11H,3-4,7-9,18H2,1H3;1H. The van der Waals surface area contributed by atoms with Gasteiger partial charge in [-0.25, -0.2) is 4.39 Å². The van der Waals surface area contributed by atoms with E-state index in [2.05, 4.69) is 0 Å². The van der Waals surface area contributed by atoms with Gasteiger partial charge in [0.05, 0.1) is 6.42 Å². The molecule has 2 atom stereocenters. The van der Waals surface area contributed by atoms with E-state index in [1.165, 1.54) is 6.07 Å². The molecule has 0 bridgehead atoms. The Morgan fingerprint density at radius 1 is 1.57 bits per heavy atom. The number of carbonyl (C=O) groups excluding carboxylic acids is 1. The molecule has 0 radical (unpaired) electrons. The Morgan fingerprint density at radius 2 is 2.29 bits per heavy atom. The maximum atomic E-state index is 13.7. The van der Waals surface area contributed by atoms with Crippen LogP contribution in [0.3, 0.4) is 0 Å². The second-order valence-electron chi connectivity index (χ2n) is 5.48. The summed E-state index contributed by atoms with van der Waals surface area (Å²) in [6.45, 7) is 3.34. The molecular formula is C15H21Cl2FN2O. The van der Waals surface area contributed by atoms with Gasteiger partial charge in [-0.1, -0.05) is 17.7 Å². The Labute approximate surface area is 136 Å². The lowest BCUT2D eigenvalue weighted by Crippen LogP contribution is -2.45. The van der Waals surface area contributed by atoms with Gasteiger partial charge in [-0.05, 0) is 37.8 Å². The molecule has 2 unspecified atom stereocenters. The molecular weight excluding hydrogens is 314 g/mol. The Bertz CT molecular complexity index is 476. The van der Waals surface area contributed by atoms with Crippen LogP contribution < -0.4 is 5.73 Å². The first kappa shape index (κ1) is 18.2. The van der Waals surface area contributed by atoms with Crippen LogP contribution in [-0.2, 0) is 11.2 Å². The van der Waals surface area contributed by atoms with Gasteiger partial charge >= 0.3 is 0 Å². The van der Waals surface area contributed by atoms with E-state index < -0.39 is 5.82 Å². The lowest BCUT2D eigenvalue weighted by molar-refractivity contribution is -0.132. The van der Waals surface area contributed by atoms with E-state index in [1.807, 2.05) is 6.92 Å². The number of carbonyl (C=O) groups is 1. The highest BCUT2D eigenvalue weighted by molar-refractivity contribution is 6.31. The fraction of sp³-hybridized carbons (Fsp3) is 0.533. The Hall–Kier alpha value is -0.840. The number of nitrogens with two attached hydrogens (primary N) is 1. The van der Waals surface area contributed by atoms with Crippen molar-refractivity contribution in [2.45, 2.75) is 32.2 Å². The van der Waals surface area contributed by atoms with Crippen LogP contribution in [-0.4, -0.2) is 29.9 Å². The third-order valence-corrected chi connectivity index (χ3v) is 4.30. The van der Waals surface area contributed by atoms with Gasteiger partial charge in [0.15, 0.2) is 0 Å². The zero-order valence-electron chi connectivity index (χ0n) is 12.0. The Morgan fingerprint density at radius 3 is 2.90 bits per heavy atom. The number of hydrogen-bond donors (Lipinski definition) is 1. The lowest BCUT2D eigenvalue weighted by Gasteiger charge is -2.34. The molecule has 1 fully saturated rings. The second-order valence-corrected chi connectivity index (χ2v) is 5.89. The normalized spacial score (nSPS) is 19.8. The van der Waals surface area contributed by atoms with E-state index in [0.717, 1.165) is 12.8 Å². The van der Waals surface area contributed by atoms with Crippen molar-refractivity contribution in [2.75, 3.05) is 13.1 Å². The minimum absolute atomic E-state index is 0. The molecule has 3 nitrogen and oxygen atoms in total. The Kier molecular flexibility index (Phi) is 6.91. The largest absolute Gasteiger partial charge is 0.342 e. The van der Waals surface area contributed by atoms with Crippen LogP contribution >= 0.6 is 24.0 Å². The Balaban J connectivity index is 0.00000220. The minimum Gasteiger partial charge on any atom is -0.342 e. The first-order valence-corrected chi connectivity index (χ1v) is 7.33. The van der Waals surface area contributed by atoms with Crippen molar-refractivity contribution in [1.82, 2.24) is 4.90 Å². The van der Waals surface area contributed by atoms with Crippen molar-refractivity contribution in [2.24, 2.45) is 11.7 Å². The molecule has 0 spiro atoms. The molecule has 1 aliphatic heterocycles. The number of benzene rings is 1. The highest BCUT2D eigenvalue weighted by Gasteiger charge is 2.26. The number of amides is 1. The fourth-order valence-electron chi connectivity index (χ4n) is 2.63. The first-order chi connectivity index (χ1) is 9.49. The summed E-state index contributed by atoms with van der Waals surface area (Å²) in [7, 11) is 0. The number of halogens is 3. The summed E-state index contributed by atoms with van der Waals surface area (Å²) in [6.07, 6.45) is 2.00. The number of likely N-dealkylation sites (tertiary alicyclic amines) is 1. The van der Waals surface area contributed by atoms with Crippen molar-refractivity contribution < 1.29 is 9.18 Å². The molecule has 2 N–H and O–H groups in total. The summed E-state index contributed by atoms with van der Waals surface area (Å²) in [5.74, 6) is -0.183. The third-order valence-electron chi connectivity index (χ3n) is 3.94. The topological polar surface area (TPSA) is 46.3 Å². The van der Waals surface area contributed by atoms with Gasteiger partial charge in [0, 0.05) is 29.7 Å². The SMILES string of the molecule is CC(N)C1CCCN(C(=O)Cc2c(F)cccc2Cl)C1.Cl. The van der Waals surface area contributed by atoms with Crippen molar-refractivity contribution >= 4 is 29.9 Å². The first-order valence-electron chi connectivity index (χ1n) is 6.95. The number of hydrogen-bond acceptors (Lipinski definition) is 2. The molecule has 0 aromatic heterocycles. The van der Waals surface area contributed by atoms with Crippen molar-refractivity contribution in [3.8, 4) is 0 Å². The van der Waals surface area contributed by atoms with Crippen molar-refractivity contribution in [3.63, 3.8) is 0 Å². The van der Waals surface area contributed by atoms with Gasteiger partial charge in [-0.3, -0.25) is 4.79 Å². The molecule has 1 heterocycles.